The first kappa shape index (κ1) is 13.5. The Balaban J connectivity index is 1.90. The molecular weight excluding hydrogens is 226 g/mol. The summed E-state index contributed by atoms with van der Waals surface area (Å²) in [7, 11) is 1.72. The van der Waals surface area contributed by atoms with Crippen LogP contribution in [-0.4, -0.2) is 31.5 Å². The highest BCUT2D eigenvalue weighted by atomic mass is 16.5. The summed E-state index contributed by atoms with van der Waals surface area (Å²) in [6.07, 6.45) is 3.10. The zero-order valence-corrected chi connectivity index (χ0v) is 11.0. The third-order valence-electron chi connectivity index (χ3n) is 3.78. The van der Waals surface area contributed by atoms with E-state index in [9.17, 15) is 5.11 Å². The van der Waals surface area contributed by atoms with Crippen molar-refractivity contribution in [3.63, 3.8) is 0 Å². The second-order valence-electron chi connectivity index (χ2n) is 5.09. The highest BCUT2D eigenvalue weighted by Gasteiger charge is 2.25. The Labute approximate surface area is 109 Å². The fourth-order valence-corrected chi connectivity index (χ4v) is 2.67. The lowest BCUT2D eigenvalue weighted by Crippen LogP contribution is -2.32. The van der Waals surface area contributed by atoms with Crippen molar-refractivity contribution in [2.75, 3.05) is 20.3 Å². The van der Waals surface area contributed by atoms with Gasteiger partial charge in [0.15, 0.2) is 0 Å². The molecule has 1 aromatic carbocycles. The summed E-state index contributed by atoms with van der Waals surface area (Å²) in [4.78, 5) is 0. The molecule has 1 aliphatic carbocycles. The van der Waals surface area contributed by atoms with Crippen LogP contribution in [0.1, 0.15) is 30.9 Å². The molecule has 1 aliphatic rings. The number of rotatable bonds is 6. The minimum atomic E-state index is -0.128. The van der Waals surface area contributed by atoms with Gasteiger partial charge in [-0.3, -0.25) is 0 Å². The Hall–Kier alpha value is -0.900. The van der Waals surface area contributed by atoms with Gasteiger partial charge in [-0.15, -0.1) is 0 Å². The van der Waals surface area contributed by atoms with Crippen LogP contribution in [-0.2, 0) is 4.74 Å². The quantitative estimate of drug-likeness (QED) is 0.811. The van der Waals surface area contributed by atoms with Gasteiger partial charge in [0.1, 0.15) is 0 Å². The molecule has 1 aromatic rings. The number of hydrogen-bond donors (Lipinski definition) is 2. The van der Waals surface area contributed by atoms with Gasteiger partial charge in [0.05, 0.1) is 18.8 Å². The summed E-state index contributed by atoms with van der Waals surface area (Å²) in [5.74, 6) is 0.396. The summed E-state index contributed by atoms with van der Waals surface area (Å²) in [5, 5.41) is 13.4. The lowest BCUT2D eigenvalue weighted by Gasteiger charge is -2.22. The van der Waals surface area contributed by atoms with Crippen LogP contribution < -0.4 is 5.32 Å². The maximum Gasteiger partial charge on any atom is 0.0657 e. The van der Waals surface area contributed by atoms with Gasteiger partial charge in [0.2, 0.25) is 0 Å². The molecule has 2 rings (SSSR count). The predicted octanol–water partition coefficient (Wildman–Crippen LogP) is 2.12. The molecule has 2 N–H and O–H groups in total. The van der Waals surface area contributed by atoms with Crippen LogP contribution in [0.15, 0.2) is 30.3 Å². The van der Waals surface area contributed by atoms with Gasteiger partial charge in [0, 0.05) is 13.7 Å². The van der Waals surface area contributed by atoms with Crippen LogP contribution in [0.3, 0.4) is 0 Å². The number of nitrogens with one attached hydrogen (secondary N) is 1. The van der Waals surface area contributed by atoms with E-state index in [2.05, 4.69) is 17.4 Å². The average Bonchev–Trinajstić information content (AvgIpc) is 2.81. The molecule has 0 radical (unpaired) electrons. The molecule has 0 aliphatic heterocycles. The summed E-state index contributed by atoms with van der Waals surface area (Å²) in [5.41, 5.74) is 1.24. The lowest BCUT2D eigenvalue weighted by atomic mass is 10.0. The Morgan fingerprint density at radius 3 is 2.72 bits per heavy atom. The molecule has 1 fully saturated rings. The van der Waals surface area contributed by atoms with Crippen molar-refractivity contribution in [2.24, 2.45) is 5.92 Å². The van der Waals surface area contributed by atoms with Crippen molar-refractivity contribution >= 4 is 0 Å². The minimum Gasteiger partial charge on any atom is -0.393 e. The number of methoxy groups -OCH3 is 1. The molecule has 3 atom stereocenters. The van der Waals surface area contributed by atoms with Crippen molar-refractivity contribution in [3.8, 4) is 0 Å². The molecule has 0 amide bonds. The predicted molar refractivity (Wildman–Crippen MR) is 72.4 cm³/mol. The van der Waals surface area contributed by atoms with Crippen molar-refractivity contribution in [1.29, 1.82) is 0 Å². The Morgan fingerprint density at radius 2 is 2.11 bits per heavy atom. The maximum atomic E-state index is 9.83. The van der Waals surface area contributed by atoms with E-state index >= 15 is 0 Å². The fraction of sp³-hybridized carbons (Fsp3) is 0.600. The van der Waals surface area contributed by atoms with Crippen molar-refractivity contribution < 1.29 is 9.84 Å². The average molecular weight is 249 g/mol. The van der Waals surface area contributed by atoms with Gasteiger partial charge in [-0.25, -0.2) is 0 Å². The van der Waals surface area contributed by atoms with E-state index in [0.29, 0.717) is 12.5 Å². The second-order valence-corrected chi connectivity index (χ2v) is 5.09. The molecule has 3 unspecified atom stereocenters. The maximum absolute atomic E-state index is 9.83. The smallest absolute Gasteiger partial charge is 0.0657 e. The van der Waals surface area contributed by atoms with E-state index in [-0.39, 0.29) is 12.1 Å². The van der Waals surface area contributed by atoms with Crippen LogP contribution in [0, 0.1) is 5.92 Å². The first-order chi connectivity index (χ1) is 8.81. The largest absolute Gasteiger partial charge is 0.393 e. The van der Waals surface area contributed by atoms with Crippen molar-refractivity contribution in [2.45, 2.75) is 31.4 Å². The van der Waals surface area contributed by atoms with E-state index in [0.717, 1.165) is 25.8 Å². The number of hydrogen-bond acceptors (Lipinski definition) is 3. The normalized spacial score (nSPS) is 25.2. The topological polar surface area (TPSA) is 41.5 Å². The van der Waals surface area contributed by atoms with Crippen LogP contribution >= 0.6 is 0 Å². The molecule has 3 nitrogen and oxygen atoms in total. The lowest BCUT2D eigenvalue weighted by molar-refractivity contribution is 0.121. The highest BCUT2D eigenvalue weighted by Crippen LogP contribution is 2.25. The molecule has 1 saturated carbocycles. The molecule has 0 aromatic heterocycles. The molecular formula is C15H23NO2. The summed E-state index contributed by atoms with van der Waals surface area (Å²) in [6, 6.07) is 10.6. The minimum absolute atomic E-state index is 0.128. The third-order valence-corrected chi connectivity index (χ3v) is 3.78. The van der Waals surface area contributed by atoms with Gasteiger partial charge < -0.3 is 15.2 Å². The molecule has 18 heavy (non-hydrogen) atoms. The monoisotopic (exact) mass is 249 g/mol. The van der Waals surface area contributed by atoms with Crippen molar-refractivity contribution in [1.82, 2.24) is 5.32 Å². The summed E-state index contributed by atoms with van der Waals surface area (Å²) >= 11 is 0. The molecule has 0 spiro atoms. The van der Waals surface area contributed by atoms with Gasteiger partial charge in [0.25, 0.3) is 0 Å². The number of benzene rings is 1. The fourth-order valence-electron chi connectivity index (χ4n) is 2.67. The van der Waals surface area contributed by atoms with Gasteiger partial charge in [-0.1, -0.05) is 36.8 Å². The zero-order chi connectivity index (χ0) is 12.8. The van der Waals surface area contributed by atoms with Gasteiger partial charge >= 0.3 is 0 Å². The number of aliphatic hydroxyl groups excluding tert-OH is 1. The number of aliphatic hydroxyl groups is 1. The van der Waals surface area contributed by atoms with Crippen LogP contribution in [0.4, 0.5) is 0 Å². The van der Waals surface area contributed by atoms with Crippen LogP contribution in [0.25, 0.3) is 0 Å². The van der Waals surface area contributed by atoms with Gasteiger partial charge in [-0.05, 0) is 24.3 Å². The van der Waals surface area contributed by atoms with E-state index in [1.807, 2.05) is 18.2 Å². The Bertz CT molecular complexity index is 342. The summed E-state index contributed by atoms with van der Waals surface area (Å²) in [6.45, 7) is 1.52. The highest BCUT2D eigenvalue weighted by molar-refractivity contribution is 5.19. The standard InChI is InChI=1S/C15H23NO2/c1-18-11-14(12-6-3-2-4-7-12)16-10-13-8-5-9-15(13)17/h2-4,6-7,13-17H,5,8-11H2,1H3. The SMILES string of the molecule is COCC(NCC1CCCC1O)c1ccccc1. The van der Waals surface area contributed by atoms with Crippen molar-refractivity contribution in [3.05, 3.63) is 35.9 Å². The Morgan fingerprint density at radius 1 is 1.33 bits per heavy atom. The van der Waals surface area contributed by atoms with E-state index in [1.54, 1.807) is 7.11 Å². The zero-order valence-electron chi connectivity index (χ0n) is 11.0. The van der Waals surface area contributed by atoms with E-state index in [4.69, 9.17) is 4.74 Å². The molecule has 3 heteroatoms. The van der Waals surface area contributed by atoms with Gasteiger partial charge in [-0.2, -0.15) is 0 Å². The molecule has 0 bridgehead atoms. The first-order valence-corrected chi connectivity index (χ1v) is 6.76. The first-order valence-electron chi connectivity index (χ1n) is 6.76. The molecule has 0 heterocycles. The number of ether oxygens (including phenoxy) is 1. The van der Waals surface area contributed by atoms with E-state index in [1.165, 1.54) is 5.56 Å². The Kier molecular flexibility index (Phi) is 5.17. The molecule has 100 valence electrons. The van der Waals surface area contributed by atoms with Crippen LogP contribution in [0.2, 0.25) is 0 Å². The summed E-state index contributed by atoms with van der Waals surface area (Å²) < 4.78 is 5.28. The third kappa shape index (κ3) is 3.55. The molecule has 0 saturated heterocycles. The second kappa shape index (κ2) is 6.88. The van der Waals surface area contributed by atoms with Crippen LogP contribution in [0.5, 0.6) is 0 Å². The van der Waals surface area contributed by atoms with E-state index < -0.39 is 0 Å².